The van der Waals surface area contributed by atoms with Gasteiger partial charge in [0, 0.05) is 24.8 Å². The van der Waals surface area contributed by atoms with Gasteiger partial charge in [-0.3, -0.25) is 0 Å². The lowest BCUT2D eigenvalue weighted by Crippen LogP contribution is -2.27. The number of hydrogen-bond acceptors (Lipinski definition) is 2. The highest BCUT2D eigenvalue weighted by molar-refractivity contribution is 5.45. The lowest BCUT2D eigenvalue weighted by molar-refractivity contribution is 0.624. The zero-order valence-corrected chi connectivity index (χ0v) is 10.5. The van der Waals surface area contributed by atoms with E-state index in [1.807, 2.05) is 12.1 Å². The number of nitrogens with one attached hydrogen (secondary N) is 1. The van der Waals surface area contributed by atoms with Gasteiger partial charge in [-0.05, 0) is 57.0 Å². The van der Waals surface area contributed by atoms with E-state index in [9.17, 15) is 4.39 Å². The van der Waals surface area contributed by atoms with Crippen LogP contribution in [0.5, 0.6) is 0 Å². The molecule has 0 bridgehead atoms. The summed E-state index contributed by atoms with van der Waals surface area (Å²) in [5.41, 5.74) is 1.11. The van der Waals surface area contributed by atoms with Crippen molar-refractivity contribution in [3.05, 3.63) is 30.1 Å². The van der Waals surface area contributed by atoms with Crippen molar-refractivity contribution in [2.45, 2.75) is 32.2 Å². The van der Waals surface area contributed by atoms with Crippen LogP contribution in [0.3, 0.4) is 0 Å². The standard InChI is InChI=1S/C14H21FN2/c1-2-17(11-3-10-16-13-6-7-13)14-8-4-12(15)5-9-14/h4-5,8-9,13,16H,2-3,6-7,10-11H2,1H3. The molecule has 0 radical (unpaired) electrons. The molecule has 0 atom stereocenters. The van der Waals surface area contributed by atoms with Crippen LogP contribution >= 0.6 is 0 Å². The molecular weight excluding hydrogens is 215 g/mol. The molecule has 1 aliphatic carbocycles. The van der Waals surface area contributed by atoms with E-state index in [-0.39, 0.29) is 5.82 Å². The molecule has 94 valence electrons. The SMILES string of the molecule is CCN(CCCNC1CC1)c1ccc(F)cc1. The fourth-order valence-corrected chi connectivity index (χ4v) is 1.99. The Morgan fingerprint density at radius 3 is 2.59 bits per heavy atom. The lowest BCUT2D eigenvalue weighted by atomic mass is 10.2. The summed E-state index contributed by atoms with van der Waals surface area (Å²) in [6.45, 7) is 5.22. The number of nitrogens with zero attached hydrogens (tertiary/aromatic N) is 1. The molecule has 2 nitrogen and oxygen atoms in total. The van der Waals surface area contributed by atoms with Crippen LogP contribution in [-0.2, 0) is 0 Å². The third-order valence-electron chi connectivity index (χ3n) is 3.19. The minimum absolute atomic E-state index is 0.166. The maximum Gasteiger partial charge on any atom is 0.123 e. The van der Waals surface area contributed by atoms with Crippen molar-refractivity contribution in [3.8, 4) is 0 Å². The third-order valence-corrected chi connectivity index (χ3v) is 3.19. The first kappa shape index (κ1) is 12.4. The minimum Gasteiger partial charge on any atom is -0.372 e. The van der Waals surface area contributed by atoms with Gasteiger partial charge < -0.3 is 10.2 Å². The highest BCUT2D eigenvalue weighted by atomic mass is 19.1. The molecule has 0 aromatic heterocycles. The van der Waals surface area contributed by atoms with Crippen molar-refractivity contribution in [1.82, 2.24) is 5.32 Å². The van der Waals surface area contributed by atoms with Crippen LogP contribution in [-0.4, -0.2) is 25.7 Å². The molecule has 17 heavy (non-hydrogen) atoms. The number of halogens is 1. The Morgan fingerprint density at radius 1 is 1.29 bits per heavy atom. The van der Waals surface area contributed by atoms with E-state index in [0.29, 0.717) is 0 Å². The Morgan fingerprint density at radius 2 is 2.00 bits per heavy atom. The van der Waals surface area contributed by atoms with Crippen molar-refractivity contribution < 1.29 is 4.39 Å². The smallest absolute Gasteiger partial charge is 0.123 e. The number of rotatable bonds is 7. The van der Waals surface area contributed by atoms with E-state index < -0.39 is 0 Å². The van der Waals surface area contributed by atoms with Crippen molar-refractivity contribution in [1.29, 1.82) is 0 Å². The molecule has 0 unspecified atom stereocenters. The summed E-state index contributed by atoms with van der Waals surface area (Å²) in [5, 5.41) is 3.51. The molecule has 1 aromatic carbocycles. The summed E-state index contributed by atoms with van der Waals surface area (Å²) < 4.78 is 12.8. The molecule has 1 aliphatic rings. The Bertz CT molecular complexity index is 333. The van der Waals surface area contributed by atoms with Crippen LogP contribution in [0, 0.1) is 5.82 Å². The van der Waals surface area contributed by atoms with E-state index in [2.05, 4.69) is 17.1 Å². The summed E-state index contributed by atoms with van der Waals surface area (Å²) in [6, 6.07) is 7.55. The highest BCUT2D eigenvalue weighted by Gasteiger charge is 2.19. The quantitative estimate of drug-likeness (QED) is 0.732. The largest absolute Gasteiger partial charge is 0.372 e. The first-order valence-corrected chi connectivity index (χ1v) is 6.53. The van der Waals surface area contributed by atoms with Gasteiger partial charge in [-0.25, -0.2) is 4.39 Å². The molecule has 0 amide bonds. The molecular formula is C14H21FN2. The topological polar surface area (TPSA) is 15.3 Å². The number of hydrogen-bond donors (Lipinski definition) is 1. The molecule has 0 saturated heterocycles. The summed E-state index contributed by atoms with van der Waals surface area (Å²) in [6.07, 6.45) is 3.83. The predicted octanol–water partition coefficient (Wildman–Crippen LogP) is 2.79. The summed E-state index contributed by atoms with van der Waals surface area (Å²) in [5.74, 6) is -0.166. The second-order valence-electron chi connectivity index (χ2n) is 4.64. The average Bonchev–Trinajstić information content (AvgIpc) is 3.15. The third kappa shape index (κ3) is 4.00. The summed E-state index contributed by atoms with van der Waals surface area (Å²) >= 11 is 0. The summed E-state index contributed by atoms with van der Waals surface area (Å²) in [4.78, 5) is 2.29. The maximum absolute atomic E-state index is 12.8. The molecule has 3 heteroatoms. The molecule has 1 N–H and O–H groups in total. The Kier molecular flexibility index (Phi) is 4.37. The maximum atomic E-state index is 12.8. The average molecular weight is 236 g/mol. The zero-order valence-electron chi connectivity index (χ0n) is 10.5. The molecule has 0 spiro atoms. The minimum atomic E-state index is -0.166. The lowest BCUT2D eigenvalue weighted by Gasteiger charge is -2.23. The van der Waals surface area contributed by atoms with Crippen molar-refractivity contribution in [2.24, 2.45) is 0 Å². The van der Waals surface area contributed by atoms with Crippen LogP contribution in [0.2, 0.25) is 0 Å². The summed E-state index contributed by atoms with van der Waals surface area (Å²) in [7, 11) is 0. The van der Waals surface area contributed by atoms with Crippen molar-refractivity contribution in [3.63, 3.8) is 0 Å². The predicted molar refractivity (Wildman–Crippen MR) is 69.9 cm³/mol. The first-order valence-electron chi connectivity index (χ1n) is 6.53. The monoisotopic (exact) mass is 236 g/mol. The Balaban J connectivity index is 1.76. The normalized spacial score (nSPS) is 14.9. The number of anilines is 1. The molecule has 2 rings (SSSR count). The van der Waals surface area contributed by atoms with Crippen LogP contribution < -0.4 is 10.2 Å². The van der Waals surface area contributed by atoms with Gasteiger partial charge in [0.15, 0.2) is 0 Å². The van der Waals surface area contributed by atoms with Gasteiger partial charge in [-0.2, -0.15) is 0 Å². The molecule has 0 heterocycles. The Hall–Kier alpha value is -1.09. The second-order valence-corrected chi connectivity index (χ2v) is 4.64. The zero-order chi connectivity index (χ0) is 12.1. The van der Waals surface area contributed by atoms with Gasteiger partial charge in [-0.15, -0.1) is 0 Å². The van der Waals surface area contributed by atoms with E-state index in [4.69, 9.17) is 0 Å². The molecule has 0 aliphatic heterocycles. The molecule has 1 aromatic rings. The van der Waals surface area contributed by atoms with E-state index in [0.717, 1.165) is 37.8 Å². The fourth-order valence-electron chi connectivity index (χ4n) is 1.99. The molecule has 1 saturated carbocycles. The first-order chi connectivity index (χ1) is 8.29. The van der Waals surface area contributed by atoms with Gasteiger partial charge in [0.2, 0.25) is 0 Å². The van der Waals surface area contributed by atoms with Gasteiger partial charge in [0.25, 0.3) is 0 Å². The van der Waals surface area contributed by atoms with E-state index in [1.54, 1.807) is 0 Å². The van der Waals surface area contributed by atoms with Gasteiger partial charge in [-0.1, -0.05) is 0 Å². The van der Waals surface area contributed by atoms with Crippen molar-refractivity contribution in [2.75, 3.05) is 24.5 Å². The fraction of sp³-hybridized carbons (Fsp3) is 0.571. The van der Waals surface area contributed by atoms with Crippen LogP contribution in [0.1, 0.15) is 26.2 Å². The van der Waals surface area contributed by atoms with Crippen LogP contribution in [0.4, 0.5) is 10.1 Å². The van der Waals surface area contributed by atoms with Crippen molar-refractivity contribution >= 4 is 5.69 Å². The van der Waals surface area contributed by atoms with Crippen LogP contribution in [0.25, 0.3) is 0 Å². The molecule has 1 fully saturated rings. The second kappa shape index (κ2) is 6.01. The Labute approximate surface area is 103 Å². The number of benzene rings is 1. The van der Waals surface area contributed by atoms with Gasteiger partial charge >= 0.3 is 0 Å². The van der Waals surface area contributed by atoms with E-state index in [1.165, 1.54) is 25.0 Å². The highest BCUT2D eigenvalue weighted by Crippen LogP contribution is 2.18. The van der Waals surface area contributed by atoms with Gasteiger partial charge in [0.05, 0.1) is 0 Å². The van der Waals surface area contributed by atoms with Crippen LogP contribution in [0.15, 0.2) is 24.3 Å². The van der Waals surface area contributed by atoms with E-state index >= 15 is 0 Å². The van der Waals surface area contributed by atoms with Gasteiger partial charge in [0.1, 0.15) is 5.82 Å².